The van der Waals surface area contributed by atoms with Gasteiger partial charge in [-0.05, 0) is 17.7 Å². The van der Waals surface area contributed by atoms with Gasteiger partial charge in [0.15, 0.2) is 5.78 Å². The molecule has 0 bridgehead atoms. The van der Waals surface area contributed by atoms with Crippen LogP contribution < -0.4 is 4.74 Å². The van der Waals surface area contributed by atoms with Gasteiger partial charge in [-0.1, -0.05) is 42.5 Å². The lowest BCUT2D eigenvalue weighted by Crippen LogP contribution is -2.39. The van der Waals surface area contributed by atoms with Crippen molar-refractivity contribution in [2.45, 2.75) is 31.7 Å². The number of rotatable bonds is 7. The van der Waals surface area contributed by atoms with Gasteiger partial charge in [0.1, 0.15) is 5.75 Å². The van der Waals surface area contributed by atoms with Crippen molar-refractivity contribution in [1.82, 2.24) is 0 Å². The molecule has 0 aliphatic carbocycles. The van der Waals surface area contributed by atoms with Gasteiger partial charge in [-0.25, -0.2) is 0 Å². The van der Waals surface area contributed by atoms with Crippen molar-refractivity contribution in [2.24, 2.45) is 0 Å². The number of carbonyl (C=O) groups excluding carboxylic acids is 1. The number of nitrogens with zero attached hydrogens (tertiary/aromatic N) is 1. The summed E-state index contributed by atoms with van der Waals surface area (Å²) >= 11 is 0. The molecule has 0 aromatic heterocycles. The fourth-order valence-corrected chi connectivity index (χ4v) is 2.69. The zero-order chi connectivity index (χ0) is 17.7. The average molecular weight is 327 g/mol. The maximum absolute atomic E-state index is 12.7. The topological polar surface area (TPSA) is 69.4 Å². The quantitative estimate of drug-likeness (QED) is 0.436. The highest BCUT2D eigenvalue weighted by Crippen LogP contribution is 2.34. The molecule has 0 fully saturated rings. The monoisotopic (exact) mass is 327 g/mol. The van der Waals surface area contributed by atoms with Crippen LogP contribution in [-0.4, -0.2) is 23.4 Å². The second-order valence-electron chi connectivity index (χ2n) is 6.23. The molecule has 5 nitrogen and oxygen atoms in total. The summed E-state index contributed by atoms with van der Waals surface area (Å²) in [6, 6.07) is 16.0. The van der Waals surface area contributed by atoms with Gasteiger partial charge < -0.3 is 4.74 Å². The van der Waals surface area contributed by atoms with E-state index in [-0.39, 0.29) is 17.1 Å². The number of hydrogen-bond acceptors (Lipinski definition) is 4. The smallest absolute Gasteiger partial charge is 0.223 e. The summed E-state index contributed by atoms with van der Waals surface area (Å²) in [5.41, 5.74) is 0.0282. The Morgan fingerprint density at radius 3 is 2.42 bits per heavy atom. The lowest BCUT2D eigenvalue weighted by atomic mass is 9.78. The van der Waals surface area contributed by atoms with Crippen molar-refractivity contribution >= 4 is 5.78 Å². The molecule has 2 aromatic rings. The SMILES string of the molecule is COc1cccc(C(=O)C[C@H](c2ccccc2)C(C)(C)[N+](=O)[O-])c1. The summed E-state index contributed by atoms with van der Waals surface area (Å²) < 4.78 is 5.14. The van der Waals surface area contributed by atoms with Crippen molar-refractivity contribution in [1.29, 1.82) is 0 Å². The third kappa shape index (κ3) is 3.79. The summed E-state index contributed by atoms with van der Waals surface area (Å²) in [6.07, 6.45) is 0.0607. The van der Waals surface area contributed by atoms with Gasteiger partial charge in [-0.15, -0.1) is 0 Å². The van der Waals surface area contributed by atoms with Gasteiger partial charge >= 0.3 is 0 Å². The minimum atomic E-state index is -1.25. The van der Waals surface area contributed by atoms with Gasteiger partial charge in [-0.2, -0.15) is 0 Å². The van der Waals surface area contributed by atoms with E-state index in [0.29, 0.717) is 11.3 Å². The van der Waals surface area contributed by atoms with Crippen LogP contribution >= 0.6 is 0 Å². The molecule has 1 atom stereocenters. The molecule has 126 valence electrons. The minimum Gasteiger partial charge on any atom is -0.497 e. The summed E-state index contributed by atoms with van der Waals surface area (Å²) in [5, 5.41) is 11.5. The zero-order valence-corrected chi connectivity index (χ0v) is 14.1. The number of carbonyl (C=O) groups is 1. The molecule has 5 heteroatoms. The predicted molar refractivity (Wildman–Crippen MR) is 92.2 cm³/mol. The number of benzene rings is 2. The molecule has 0 aliphatic heterocycles. The van der Waals surface area contributed by atoms with Crippen molar-refractivity contribution in [3.8, 4) is 5.75 Å². The molecule has 0 unspecified atom stereocenters. The fourth-order valence-electron chi connectivity index (χ4n) is 2.69. The molecule has 0 saturated carbocycles. The lowest BCUT2D eigenvalue weighted by molar-refractivity contribution is -0.565. The first-order valence-electron chi connectivity index (χ1n) is 7.73. The molecule has 0 heterocycles. The number of methoxy groups -OCH3 is 1. The highest BCUT2D eigenvalue weighted by molar-refractivity contribution is 5.97. The maximum atomic E-state index is 12.7. The molecule has 24 heavy (non-hydrogen) atoms. The zero-order valence-electron chi connectivity index (χ0n) is 14.1. The van der Waals surface area contributed by atoms with E-state index < -0.39 is 11.5 Å². The van der Waals surface area contributed by atoms with Gasteiger partial charge in [0.05, 0.1) is 13.0 Å². The van der Waals surface area contributed by atoms with Crippen molar-refractivity contribution < 1.29 is 14.5 Å². The van der Waals surface area contributed by atoms with Crippen molar-refractivity contribution in [2.75, 3.05) is 7.11 Å². The van der Waals surface area contributed by atoms with E-state index in [0.717, 1.165) is 5.56 Å². The molecular weight excluding hydrogens is 306 g/mol. The second-order valence-corrected chi connectivity index (χ2v) is 6.23. The van der Waals surface area contributed by atoms with E-state index in [1.54, 1.807) is 38.1 Å². The van der Waals surface area contributed by atoms with E-state index >= 15 is 0 Å². The molecule has 0 N–H and O–H groups in total. The number of ketones is 1. The molecule has 2 aromatic carbocycles. The van der Waals surface area contributed by atoms with Crippen molar-refractivity contribution in [3.63, 3.8) is 0 Å². The van der Waals surface area contributed by atoms with Crippen LogP contribution in [-0.2, 0) is 0 Å². The van der Waals surface area contributed by atoms with Gasteiger partial charge in [0.2, 0.25) is 5.54 Å². The molecule has 0 spiro atoms. The Hall–Kier alpha value is -2.69. The highest BCUT2D eigenvalue weighted by atomic mass is 16.6. The van der Waals surface area contributed by atoms with Crippen LogP contribution in [0.4, 0.5) is 0 Å². The first kappa shape index (κ1) is 17.7. The molecule has 0 amide bonds. The Morgan fingerprint density at radius 1 is 1.17 bits per heavy atom. The van der Waals surface area contributed by atoms with Crippen LogP contribution in [0.5, 0.6) is 5.75 Å². The molecule has 0 saturated heterocycles. The maximum Gasteiger partial charge on any atom is 0.223 e. The largest absolute Gasteiger partial charge is 0.497 e. The Morgan fingerprint density at radius 2 is 1.83 bits per heavy atom. The second kappa shape index (κ2) is 7.25. The normalized spacial score (nSPS) is 12.5. The standard InChI is InChI=1S/C19H21NO4/c1-19(2,20(22)23)17(14-8-5-4-6-9-14)13-18(21)15-10-7-11-16(12-15)24-3/h4-12,17H,13H2,1-3H3/t17-/m1/s1. The predicted octanol–water partition coefficient (Wildman–Crippen LogP) is 4.11. The van der Waals surface area contributed by atoms with E-state index in [1.807, 2.05) is 30.3 Å². The Labute approximate surface area is 141 Å². The van der Waals surface area contributed by atoms with Crippen LogP contribution in [0.3, 0.4) is 0 Å². The van der Waals surface area contributed by atoms with Gasteiger partial charge in [-0.3, -0.25) is 14.9 Å². The Balaban J connectivity index is 2.35. The van der Waals surface area contributed by atoms with Gasteiger partial charge in [0, 0.05) is 30.8 Å². The van der Waals surface area contributed by atoms with Crippen LogP contribution in [0.1, 0.15) is 42.1 Å². The first-order valence-corrected chi connectivity index (χ1v) is 7.73. The van der Waals surface area contributed by atoms with E-state index in [2.05, 4.69) is 0 Å². The van der Waals surface area contributed by atoms with Crippen LogP contribution in [0.25, 0.3) is 0 Å². The van der Waals surface area contributed by atoms with E-state index in [4.69, 9.17) is 4.74 Å². The number of Topliss-reactive ketones (excluding diaryl/α,β-unsaturated/α-hetero) is 1. The number of ether oxygens (including phenoxy) is 1. The molecule has 2 rings (SSSR count). The summed E-state index contributed by atoms with van der Waals surface area (Å²) in [5.74, 6) is -0.0734. The average Bonchev–Trinajstić information content (AvgIpc) is 2.59. The van der Waals surface area contributed by atoms with E-state index in [1.165, 1.54) is 7.11 Å². The summed E-state index contributed by atoms with van der Waals surface area (Å²) in [7, 11) is 1.53. The van der Waals surface area contributed by atoms with Crippen molar-refractivity contribution in [3.05, 3.63) is 75.8 Å². The van der Waals surface area contributed by atoms with E-state index in [9.17, 15) is 14.9 Å². The Kier molecular flexibility index (Phi) is 5.34. The van der Waals surface area contributed by atoms with Crippen LogP contribution in [0, 0.1) is 10.1 Å². The first-order chi connectivity index (χ1) is 11.4. The summed E-state index contributed by atoms with van der Waals surface area (Å²) in [4.78, 5) is 23.9. The summed E-state index contributed by atoms with van der Waals surface area (Å²) in [6.45, 7) is 3.12. The minimum absolute atomic E-state index is 0.0607. The number of nitro groups is 1. The molecule has 0 radical (unpaired) electrons. The Bertz CT molecular complexity index is 725. The van der Waals surface area contributed by atoms with Gasteiger partial charge in [0.25, 0.3) is 0 Å². The third-order valence-electron chi connectivity index (χ3n) is 4.31. The van der Waals surface area contributed by atoms with Crippen LogP contribution in [0.15, 0.2) is 54.6 Å². The molecule has 0 aliphatic rings. The number of hydrogen-bond donors (Lipinski definition) is 0. The third-order valence-corrected chi connectivity index (χ3v) is 4.31. The van der Waals surface area contributed by atoms with Crippen LogP contribution in [0.2, 0.25) is 0 Å². The lowest BCUT2D eigenvalue weighted by Gasteiger charge is -2.26. The highest BCUT2D eigenvalue weighted by Gasteiger charge is 2.42. The molecular formula is C19H21NO4. The fraction of sp³-hybridized carbons (Fsp3) is 0.316.